The first-order chi connectivity index (χ1) is 7.24. The highest BCUT2D eigenvalue weighted by Gasteiger charge is 2.31. The molecule has 1 aliphatic rings. The lowest BCUT2D eigenvalue weighted by Gasteiger charge is -2.38. The molecule has 15 heavy (non-hydrogen) atoms. The summed E-state index contributed by atoms with van der Waals surface area (Å²) in [7, 11) is 4.19. The van der Waals surface area contributed by atoms with Gasteiger partial charge in [0.15, 0.2) is 0 Å². The summed E-state index contributed by atoms with van der Waals surface area (Å²) in [6, 6.07) is 2.55. The van der Waals surface area contributed by atoms with Crippen LogP contribution in [0.15, 0.2) is 12.3 Å². The van der Waals surface area contributed by atoms with E-state index in [1.54, 1.807) is 0 Å². The van der Waals surface area contributed by atoms with Crippen LogP contribution in [0, 0.1) is 5.92 Å². The largest absolute Gasteiger partial charge is 0.330 e. The van der Waals surface area contributed by atoms with Crippen LogP contribution in [-0.4, -0.2) is 34.8 Å². The Morgan fingerprint density at radius 2 is 2.33 bits per heavy atom. The van der Waals surface area contributed by atoms with Crippen LogP contribution in [0.3, 0.4) is 0 Å². The number of aryl methyl sites for hydroxylation is 1. The van der Waals surface area contributed by atoms with Crippen molar-refractivity contribution in [3.8, 4) is 0 Å². The highest BCUT2D eigenvalue weighted by molar-refractivity contribution is 5.09. The summed E-state index contributed by atoms with van der Waals surface area (Å²) in [5.74, 6) is 0.569. The molecule has 0 aliphatic carbocycles. The fourth-order valence-electron chi connectivity index (χ4n) is 2.65. The molecule has 1 aromatic heterocycles. The zero-order chi connectivity index (χ0) is 10.8. The van der Waals surface area contributed by atoms with Crippen molar-refractivity contribution in [2.45, 2.75) is 18.9 Å². The van der Waals surface area contributed by atoms with Crippen molar-refractivity contribution in [2.75, 3.05) is 20.1 Å². The molecule has 2 unspecified atom stereocenters. The Bertz CT molecular complexity index is 320. The van der Waals surface area contributed by atoms with Gasteiger partial charge in [-0.25, -0.2) is 0 Å². The molecule has 2 atom stereocenters. The van der Waals surface area contributed by atoms with Gasteiger partial charge in [0.25, 0.3) is 0 Å². The van der Waals surface area contributed by atoms with Gasteiger partial charge in [0, 0.05) is 13.2 Å². The standard InChI is InChI=1S/C11H20N4/c1-14-7-3-4-9(8-12)11(14)10-5-6-13-15(10)2/h5-6,9,11H,3-4,7-8,12H2,1-2H3. The number of hydrogen-bond acceptors (Lipinski definition) is 3. The first-order valence-corrected chi connectivity index (χ1v) is 5.62. The van der Waals surface area contributed by atoms with Gasteiger partial charge in [0.05, 0.1) is 11.7 Å². The van der Waals surface area contributed by atoms with Crippen LogP contribution < -0.4 is 5.73 Å². The molecular formula is C11H20N4. The lowest BCUT2D eigenvalue weighted by atomic mass is 9.87. The molecule has 0 bridgehead atoms. The molecule has 1 saturated heterocycles. The zero-order valence-electron chi connectivity index (χ0n) is 9.56. The van der Waals surface area contributed by atoms with Gasteiger partial charge in [-0.15, -0.1) is 0 Å². The van der Waals surface area contributed by atoms with Crippen molar-refractivity contribution in [3.63, 3.8) is 0 Å². The summed E-state index contributed by atoms with van der Waals surface area (Å²) in [5.41, 5.74) is 7.14. The molecule has 0 spiro atoms. The van der Waals surface area contributed by atoms with Crippen LogP contribution in [0.1, 0.15) is 24.6 Å². The predicted molar refractivity (Wildman–Crippen MR) is 60.4 cm³/mol. The van der Waals surface area contributed by atoms with E-state index in [2.05, 4.69) is 23.1 Å². The van der Waals surface area contributed by atoms with Crippen LogP contribution in [0.5, 0.6) is 0 Å². The third-order valence-electron chi connectivity index (χ3n) is 3.47. The summed E-state index contributed by atoms with van der Waals surface area (Å²) in [5, 5.41) is 4.24. The average Bonchev–Trinajstić information content (AvgIpc) is 2.64. The average molecular weight is 208 g/mol. The normalized spacial score (nSPS) is 28.2. The molecule has 1 aliphatic heterocycles. The molecule has 2 heterocycles. The summed E-state index contributed by atoms with van der Waals surface area (Å²) in [6.45, 7) is 1.92. The molecule has 0 aromatic carbocycles. The van der Waals surface area contributed by atoms with Crippen molar-refractivity contribution < 1.29 is 0 Å². The van der Waals surface area contributed by atoms with Gasteiger partial charge >= 0.3 is 0 Å². The molecule has 4 nitrogen and oxygen atoms in total. The minimum atomic E-state index is 0.441. The topological polar surface area (TPSA) is 47.1 Å². The Morgan fingerprint density at radius 1 is 1.53 bits per heavy atom. The molecule has 2 N–H and O–H groups in total. The maximum Gasteiger partial charge on any atom is 0.0555 e. The molecular weight excluding hydrogens is 188 g/mol. The van der Waals surface area contributed by atoms with E-state index < -0.39 is 0 Å². The smallest absolute Gasteiger partial charge is 0.0555 e. The van der Waals surface area contributed by atoms with Gasteiger partial charge in [-0.05, 0) is 45.0 Å². The molecule has 4 heteroatoms. The molecule has 1 fully saturated rings. The molecule has 0 saturated carbocycles. The SMILES string of the molecule is CN1CCCC(CN)C1c1ccnn1C. The summed E-state index contributed by atoms with van der Waals surface area (Å²) < 4.78 is 1.97. The fourth-order valence-corrected chi connectivity index (χ4v) is 2.65. The van der Waals surface area contributed by atoms with Gasteiger partial charge in [-0.2, -0.15) is 5.10 Å². The first kappa shape index (κ1) is 10.6. The number of nitrogens with zero attached hydrogens (tertiary/aromatic N) is 3. The third kappa shape index (κ3) is 1.92. The van der Waals surface area contributed by atoms with Crippen LogP contribution in [0.2, 0.25) is 0 Å². The van der Waals surface area contributed by atoms with Gasteiger partial charge in [-0.1, -0.05) is 0 Å². The van der Waals surface area contributed by atoms with E-state index in [0.29, 0.717) is 12.0 Å². The van der Waals surface area contributed by atoms with Gasteiger partial charge in [0.2, 0.25) is 0 Å². The number of piperidine rings is 1. The highest BCUT2D eigenvalue weighted by Crippen LogP contribution is 2.33. The van der Waals surface area contributed by atoms with Gasteiger partial charge in [-0.3, -0.25) is 9.58 Å². The van der Waals surface area contributed by atoms with Crippen LogP contribution in [0.4, 0.5) is 0 Å². The monoisotopic (exact) mass is 208 g/mol. The molecule has 0 radical (unpaired) electrons. The van der Waals surface area contributed by atoms with Crippen molar-refractivity contribution >= 4 is 0 Å². The maximum absolute atomic E-state index is 5.86. The lowest BCUT2D eigenvalue weighted by Crippen LogP contribution is -2.40. The van der Waals surface area contributed by atoms with E-state index >= 15 is 0 Å². The Hall–Kier alpha value is -0.870. The van der Waals surface area contributed by atoms with Gasteiger partial charge < -0.3 is 5.73 Å². The van der Waals surface area contributed by atoms with Crippen molar-refractivity contribution in [1.29, 1.82) is 0 Å². The number of likely N-dealkylation sites (tertiary alicyclic amines) is 1. The maximum atomic E-state index is 5.86. The number of hydrogen-bond donors (Lipinski definition) is 1. The van der Waals surface area contributed by atoms with Gasteiger partial charge in [0.1, 0.15) is 0 Å². The number of rotatable bonds is 2. The van der Waals surface area contributed by atoms with Crippen LogP contribution in [0.25, 0.3) is 0 Å². The van der Waals surface area contributed by atoms with E-state index in [4.69, 9.17) is 5.73 Å². The summed E-state index contributed by atoms with van der Waals surface area (Å²) in [4.78, 5) is 2.40. The summed E-state index contributed by atoms with van der Waals surface area (Å²) >= 11 is 0. The second kappa shape index (κ2) is 4.33. The van der Waals surface area contributed by atoms with E-state index in [0.717, 1.165) is 13.1 Å². The Balaban J connectivity index is 2.27. The minimum absolute atomic E-state index is 0.441. The predicted octanol–water partition coefficient (Wildman–Crippen LogP) is 0.762. The van der Waals surface area contributed by atoms with E-state index in [1.807, 2.05) is 17.9 Å². The van der Waals surface area contributed by atoms with Crippen LogP contribution in [-0.2, 0) is 7.05 Å². The third-order valence-corrected chi connectivity index (χ3v) is 3.47. The Kier molecular flexibility index (Phi) is 3.07. The van der Waals surface area contributed by atoms with Crippen molar-refractivity contribution in [1.82, 2.24) is 14.7 Å². The fraction of sp³-hybridized carbons (Fsp3) is 0.727. The highest BCUT2D eigenvalue weighted by atomic mass is 15.3. The first-order valence-electron chi connectivity index (χ1n) is 5.62. The summed E-state index contributed by atoms with van der Waals surface area (Å²) in [6.07, 6.45) is 4.36. The molecule has 2 rings (SSSR count). The second-order valence-electron chi connectivity index (χ2n) is 4.44. The quantitative estimate of drug-likeness (QED) is 0.780. The lowest BCUT2D eigenvalue weighted by molar-refractivity contribution is 0.118. The molecule has 84 valence electrons. The zero-order valence-corrected chi connectivity index (χ0v) is 9.56. The number of nitrogens with two attached hydrogens (primary N) is 1. The van der Waals surface area contributed by atoms with Crippen molar-refractivity contribution in [3.05, 3.63) is 18.0 Å². The van der Waals surface area contributed by atoms with Crippen LogP contribution >= 0.6 is 0 Å². The molecule has 0 amide bonds. The van der Waals surface area contributed by atoms with E-state index in [9.17, 15) is 0 Å². The second-order valence-corrected chi connectivity index (χ2v) is 4.44. The van der Waals surface area contributed by atoms with Crippen molar-refractivity contribution in [2.24, 2.45) is 18.7 Å². The number of aromatic nitrogens is 2. The van der Waals surface area contributed by atoms with E-state index in [-0.39, 0.29) is 0 Å². The molecule has 1 aromatic rings. The Labute approximate surface area is 91.1 Å². The Morgan fingerprint density at radius 3 is 2.93 bits per heavy atom. The van der Waals surface area contributed by atoms with E-state index in [1.165, 1.54) is 18.5 Å². The minimum Gasteiger partial charge on any atom is -0.330 e.